The minimum atomic E-state index is 0.159. The summed E-state index contributed by atoms with van der Waals surface area (Å²) < 4.78 is 5.28. The van der Waals surface area contributed by atoms with Crippen molar-refractivity contribution >= 4 is 23.4 Å². The number of hydrogen-bond donors (Lipinski definition) is 0. The number of aromatic nitrogens is 3. The van der Waals surface area contributed by atoms with Gasteiger partial charge in [0.15, 0.2) is 5.16 Å². The minimum Gasteiger partial charge on any atom is -0.464 e. The highest BCUT2D eigenvalue weighted by Crippen LogP contribution is 2.31. The molecule has 1 heterocycles. The summed E-state index contributed by atoms with van der Waals surface area (Å²) in [5.41, 5.74) is 2.89. The second kappa shape index (κ2) is 5.97. The molecule has 104 valence electrons. The molecule has 1 aliphatic rings. The molecule has 3 rings (SSSR count). The van der Waals surface area contributed by atoms with E-state index in [1.807, 2.05) is 6.92 Å². The molecule has 1 aliphatic carbocycles. The fraction of sp³-hybridized carbons (Fsp3) is 0.357. The van der Waals surface area contributed by atoms with Crippen LogP contribution in [-0.4, -0.2) is 21.6 Å². The molecule has 2 aromatic rings. The number of fused-ring (bicyclic) bond motifs is 1. The highest BCUT2D eigenvalue weighted by Gasteiger charge is 2.13. The molecule has 0 N–H and O–H groups in total. The molecule has 0 fully saturated rings. The lowest BCUT2D eigenvalue weighted by molar-refractivity contribution is 0.307. The summed E-state index contributed by atoms with van der Waals surface area (Å²) >= 11 is 7.37. The number of nitrogens with zero attached hydrogens (tertiary/aromatic N) is 3. The molecule has 6 heteroatoms. The van der Waals surface area contributed by atoms with E-state index in [2.05, 4.69) is 33.2 Å². The fourth-order valence-electron chi connectivity index (χ4n) is 2.27. The maximum atomic E-state index is 5.89. The summed E-state index contributed by atoms with van der Waals surface area (Å²) in [7, 11) is 0. The van der Waals surface area contributed by atoms with E-state index in [1.54, 1.807) is 0 Å². The standard InChI is InChI=1S/C14H14ClN3OS/c1-2-19-13-16-12(15)17-14(18-13)20-11-7-6-9-4-3-5-10(9)8-11/h6-8H,2-5H2,1H3. The van der Waals surface area contributed by atoms with Crippen LogP contribution in [0.1, 0.15) is 24.5 Å². The Morgan fingerprint density at radius 2 is 2.05 bits per heavy atom. The van der Waals surface area contributed by atoms with Gasteiger partial charge in [-0.3, -0.25) is 0 Å². The zero-order chi connectivity index (χ0) is 13.9. The lowest BCUT2D eigenvalue weighted by Gasteiger charge is -2.05. The van der Waals surface area contributed by atoms with Crippen LogP contribution in [0.5, 0.6) is 6.01 Å². The molecule has 0 saturated heterocycles. The molecule has 0 unspecified atom stereocenters. The molecular weight excluding hydrogens is 294 g/mol. The van der Waals surface area contributed by atoms with Gasteiger partial charge in [0.25, 0.3) is 0 Å². The molecule has 4 nitrogen and oxygen atoms in total. The molecule has 1 aromatic carbocycles. The number of aryl methyl sites for hydroxylation is 2. The molecule has 0 atom stereocenters. The maximum absolute atomic E-state index is 5.89. The van der Waals surface area contributed by atoms with E-state index in [0.29, 0.717) is 11.8 Å². The first-order chi connectivity index (χ1) is 9.74. The summed E-state index contributed by atoms with van der Waals surface area (Å²) in [6.07, 6.45) is 3.59. The zero-order valence-corrected chi connectivity index (χ0v) is 12.7. The summed E-state index contributed by atoms with van der Waals surface area (Å²) in [5.74, 6) is 0. The van der Waals surface area contributed by atoms with E-state index in [4.69, 9.17) is 16.3 Å². The van der Waals surface area contributed by atoms with Gasteiger partial charge in [0.2, 0.25) is 5.28 Å². The van der Waals surface area contributed by atoms with E-state index >= 15 is 0 Å². The largest absolute Gasteiger partial charge is 0.464 e. The van der Waals surface area contributed by atoms with Crippen LogP contribution in [0.25, 0.3) is 0 Å². The highest BCUT2D eigenvalue weighted by molar-refractivity contribution is 7.99. The zero-order valence-electron chi connectivity index (χ0n) is 11.1. The Labute approximate surface area is 127 Å². The van der Waals surface area contributed by atoms with Crippen LogP contribution in [0, 0.1) is 0 Å². The van der Waals surface area contributed by atoms with Crippen LogP contribution in [0.4, 0.5) is 0 Å². The van der Waals surface area contributed by atoms with Crippen molar-refractivity contribution in [3.63, 3.8) is 0 Å². The summed E-state index contributed by atoms with van der Waals surface area (Å²) in [4.78, 5) is 13.4. The number of hydrogen-bond acceptors (Lipinski definition) is 5. The second-order valence-electron chi connectivity index (χ2n) is 4.49. The third kappa shape index (κ3) is 3.04. The minimum absolute atomic E-state index is 0.159. The number of halogens is 1. The van der Waals surface area contributed by atoms with Gasteiger partial charge in [0.1, 0.15) is 0 Å². The van der Waals surface area contributed by atoms with Gasteiger partial charge in [0, 0.05) is 4.90 Å². The third-order valence-electron chi connectivity index (χ3n) is 3.12. The van der Waals surface area contributed by atoms with Crippen molar-refractivity contribution in [2.24, 2.45) is 0 Å². The summed E-state index contributed by atoms with van der Waals surface area (Å²) in [5, 5.41) is 0.721. The Kier molecular flexibility index (Phi) is 4.08. The average Bonchev–Trinajstić information content (AvgIpc) is 2.85. The van der Waals surface area contributed by atoms with Crippen molar-refractivity contribution < 1.29 is 4.74 Å². The van der Waals surface area contributed by atoms with Crippen molar-refractivity contribution in [2.75, 3.05) is 6.61 Å². The topological polar surface area (TPSA) is 47.9 Å². The fourth-order valence-corrected chi connectivity index (χ4v) is 3.28. The second-order valence-corrected chi connectivity index (χ2v) is 5.87. The first-order valence-electron chi connectivity index (χ1n) is 6.58. The molecule has 0 aliphatic heterocycles. The Morgan fingerprint density at radius 1 is 1.20 bits per heavy atom. The van der Waals surface area contributed by atoms with Crippen LogP contribution in [-0.2, 0) is 12.8 Å². The van der Waals surface area contributed by atoms with Gasteiger partial charge in [-0.1, -0.05) is 6.07 Å². The quantitative estimate of drug-likeness (QED) is 0.864. The van der Waals surface area contributed by atoms with Crippen LogP contribution in [0.3, 0.4) is 0 Å². The Balaban J connectivity index is 1.83. The normalized spacial score (nSPS) is 13.3. The molecule has 0 bridgehead atoms. The van der Waals surface area contributed by atoms with E-state index in [-0.39, 0.29) is 11.3 Å². The lowest BCUT2D eigenvalue weighted by Crippen LogP contribution is -2.00. The van der Waals surface area contributed by atoms with Crippen LogP contribution in [0.15, 0.2) is 28.3 Å². The molecule has 0 saturated carbocycles. The first kappa shape index (κ1) is 13.6. The van der Waals surface area contributed by atoms with Crippen LogP contribution in [0.2, 0.25) is 5.28 Å². The van der Waals surface area contributed by atoms with Crippen molar-refractivity contribution in [1.29, 1.82) is 0 Å². The highest BCUT2D eigenvalue weighted by atomic mass is 35.5. The Morgan fingerprint density at radius 3 is 2.90 bits per heavy atom. The number of ether oxygens (including phenoxy) is 1. The molecule has 1 aromatic heterocycles. The van der Waals surface area contributed by atoms with E-state index in [1.165, 1.54) is 35.7 Å². The molecule has 0 amide bonds. The van der Waals surface area contributed by atoms with Crippen molar-refractivity contribution in [3.8, 4) is 6.01 Å². The predicted molar refractivity (Wildman–Crippen MR) is 78.6 cm³/mol. The maximum Gasteiger partial charge on any atom is 0.321 e. The average molecular weight is 308 g/mol. The van der Waals surface area contributed by atoms with Crippen LogP contribution < -0.4 is 4.74 Å². The summed E-state index contributed by atoms with van der Waals surface area (Å²) in [6, 6.07) is 6.78. The Hall–Kier alpha value is -1.33. The van der Waals surface area contributed by atoms with Crippen molar-refractivity contribution in [1.82, 2.24) is 15.0 Å². The van der Waals surface area contributed by atoms with Gasteiger partial charge in [-0.25, -0.2) is 0 Å². The van der Waals surface area contributed by atoms with Crippen molar-refractivity contribution in [2.45, 2.75) is 36.2 Å². The van der Waals surface area contributed by atoms with Gasteiger partial charge in [-0.2, -0.15) is 15.0 Å². The summed E-state index contributed by atoms with van der Waals surface area (Å²) in [6.45, 7) is 2.38. The van der Waals surface area contributed by atoms with Gasteiger partial charge in [-0.15, -0.1) is 0 Å². The smallest absolute Gasteiger partial charge is 0.321 e. The number of benzene rings is 1. The van der Waals surface area contributed by atoms with Gasteiger partial charge in [0.05, 0.1) is 6.61 Å². The monoisotopic (exact) mass is 307 g/mol. The van der Waals surface area contributed by atoms with Crippen LogP contribution >= 0.6 is 23.4 Å². The molecule has 0 spiro atoms. The predicted octanol–water partition coefficient (Wildman–Crippen LogP) is 3.56. The third-order valence-corrected chi connectivity index (χ3v) is 4.14. The molecular formula is C14H14ClN3OS. The van der Waals surface area contributed by atoms with E-state index < -0.39 is 0 Å². The van der Waals surface area contributed by atoms with E-state index in [0.717, 1.165) is 11.3 Å². The SMILES string of the molecule is CCOc1nc(Cl)nc(Sc2ccc3c(c2)CCC3)n1. The lowest BCUT2D eigenvalue weighted by atomic mass is 10.1. The molecule has 0 radical (unpaired) electrons. The van der Waals surface area contributed by atoms with Gasteiger partial charge in [-0.05, 0) is 72.8 Å². The first-order valence-corrected chi connectivity index (χ1v) is 7.78. The number of rotatable bonds is 4. The van der Waals surface area contributed by atoms with Crippen molar-refractivity contribution in [3.05, 3.63) is 34.6 Å². The molecule has 20 heavy (non-hydrogen) atoms. The van der Waals surface area contributed by atoms with Gasteiger partial charge < -0.3 is 4.74 Å². The van der Waals surface area contributed by atoms with E-state index in [9.17, 15) is 0 Å². The van der Waals surface area contributed by atoms with Gasteiger partial charge >= 0.3 is 6.01 Å². The Bertz CT molecular complexity index is 636.